The van der Waals surface area contributed by atoms with E-state index < -0.39 is 0 Å². The molecule has 0 aromatic carbocycles. The average molecular weight is 392 g/mol. The van der Waals surface area contributed by atoms with Crippen LogP contribution in [0.4, 0.5) is 0 Å². The molecule has 2 aliphatic rings. The Labute approximate surface area is 161 Å². The number of hydrogen-bond donors (Lipinski definition) is 2. The van der Waals surface area contributed by atoms with E-state index in [1.54, 1.807) is 11.3 Å². The number of hydrogen-bond acceptors (Lipinski definition) is 5. The van der Waals surface area contributed by atoms with Crippen LogP contribution in [0.3, 0.4) is 0 Å². The fraction of sp³-hybridized carbons (Fsp3) is 0.632. The predicted molar refractivity (Wildman–Crippen MR) is 108 cm³/mol. The summed E-state index contributed by atoms with van der Waals surface area (Å²) in [5, 5.41) is 3.93. The highest BCUT2D eigenvalue weighted by molar-refractivity contribution is 7.99. The van der Waals surface area contributed by atoms with Gasteiger partial charge in [0, 0.05) is 10.9 Å². The number of amides is 1. The number of thioether (sulfide) groups is 1. The minimum Gasteiger partial charge on any atom is -0.353 e. The lowest BCUT2D eigenvalue weighted by Gasteiger charge is -2.26. The van der Waals surface area contributed by atoms with Crippen molar-refractivity contribution in [3.63, 3.8) is 0 Å². The minimum absolute atomic E-state index is 0.0224. The van der Waals surface area contributed by atoms with E-state index in [4.69, 9.17) is 0 Å². The number of nitrogens with one attached hydrogen (secondary N) is 2. The Balaban J connectivity index is 1.32. The maximum Gasteiger partial charge on any atom is 0.259 e. The van der Waals surface area contributed by atoms with Crippen LogP contribution in [0.15, 0.2) is 4.79 Å². The van der Waals surface area contributed by atoms with Crippen LogP contribution in [-0.4, -0.2) is 27.7 Å². The molecular weight excluding hydrogens is 366 g/mol. The zero-order valence-electron chi connectivity index (χ0n) is 15.1. The third kappa shape index (κ3) is 3.83. The molecule has 1 fully saturated rings. The van der Waals surface area contributed by atoms with Crippen molar-refractivity contribution in [2.45, 2.75) is 63.7 Å². The van der Waals surface area contributed by atoms with Crippen molar-refractivity contribution in [2.24, 2.45) is 5.92 Å². The van der Waals surface area contributed by atoms with Gasteiger partial charge < -0.3 is 10.3 Å². The van der Waals surface area contributed by atoms with Gasteiger partial charge in [0.2, 0.25) is 5.91 Å². The zero-order valence-corrected chi connectivity index (χ0v) is 16.7. The normalized spacial score (nSPS) is 22.5. The third-order valence-electron chi connectivity index (χ3n) is 5.48. The molecular formula is C19H25N3O2S2. The van der Waals surface area contributed by atoms with Crippen molar-refractivity contribution in [2.75, 3.05) is 5.75 Å². The second-order valence-electron chi connectivity index (χ2n) is 7.57. The monoisotopic (exact) mass is 391 g/mol. The molecule has 5 nitrogen and oxygen atoms in total. The summed E-state index contributed by atoms with van der Waals surface area (Å²) in [5.41, 5.74) is 1.19. The SMILES string of the molecule is CC1CCC(NC(=O)CSCc2nc3sc4c(c3c(=O)[nH]2)CCC4)CC1. The van der Waals surface area contributed by atoms with Gasteiger partial charge in [-0.15, -0.1) is 23.1 Å². The highest BCUT2D eigenvalue weighted by atomic mass is 32.2. The molecule has 140 valence electrons. The maximum atomic E-state index is 12.4. The van der Waals surface area contributed by atoms with E-state index in [0.717, 1.165) is 48.2 Å². The first-order valence-corrected chi connectivity index (χ1v) is 11.5. The zero-order chi connectivity index (χ0) is 18.1. The summed E-state index contributed by atoms with van der Waals surface area (Å²) in [7, 11) is 0. The van der Waals surface area contributed by atoms with Crippen molar-refractivity contribution in [1.29, 1.82) is 0 Å². The lowest BCUT2D eigenvalue weighted by Crippen LogP contribution is -2.38. The number of aromatic nitrogens is 2. The van der Waals surface area contributed by atoms with Crippen LogP contribution in [0.5, 0.6) is 0 Å². The molecule has 0 unspecified atom stereocenters. The van der Waals surface area contributed by atoms with Gasteiger partial charge in [-0.2, -0.15) is 0 Å². The molecule has 1 saturated carbocycles. The number of fused-ring (bicyclic) bond motifs is 3. The van der Waals surface area contributed by atoms with Crippen molar-refractivity contribution >= 4 is 39.2 Å². The highest BCUT2D eigenvalue weighted by Crippen LogP contribution is 2.34. The second-order valence-corrected chi connectivity index (χ2v) is 9.64. The van der Waals surface area contributed by atoms with E-state index in [0.29, 0.717) is 23.4 Å². The third-order valence-corrected chi connectivity index (χ3v) is 7.61. The molecule has 0 radical (unpaired) electrons. The molecule has 0 spiro atoms. The number of carbonyl (C=O) groups excluding carboxylic acids is 1. The van der Waals surface area contributed by atoms with Gasteiger partial charge in [0.25, 0.3) is 5.56 Å². The summed E-state index contributed by atoms with van der Waals surface area (Å²) < 4.78 is 0. The first-order chi connectivity index (χ1) is 12.6. The Morgan fingerprint density at radius 2 is 2.12 bits per heavy atom. The summed E-state index contributed by atoms with van der Waals surface area (Å²) in [4.78, 5) is 34.3. The largest absolute Gasteiger partial charge is 0.353 e. The van der Waals surface area contributed by atoms with Crippen LogP contribution in [-0.2, 0) is 23.4 Å². The van der Waals surface area contributed by atoms with Gasteiger partial charge in [-0.3, -0.25) is 9.59 Å². The van der Waals surface area contributed by atoms with Crippen molar-refractivity contribution in [1.82, 2.24) is 15.3 Å². The van der Waals surface area contributed by atoms with Gasteiger partial charge >= 0.3 is 0 Å². The minimum atomic E-state index is -0.0224. The van der Waals surface area contributed by atoms with Crippen molar-refractivity contribution in [3.05, 3.63) is 26.6 Å². The number of thiophene rings is 1. The van der Waals surface area contributed by atoms with Gasteiger partial charge in [-0.05, 0) is 56.4 Å². The molecule has 1 amide bonds. The Morgan fingerprint density at radius 3 is 2.92 bits per heavy atom. The molecule has 0 aliphatic heterocycles. The molecule has 2 aromatic rings. The van der Waals surface area contributed by atoms with Gasteiger partial charge in [0.15, 0.2) is 0 Å². The molecule has 0 atom stereocenters. The molecule has 7 heteroatoms. The molecule has 2 heterocycles. The number of aromatic amines is 1. The molecule has 4 rings (SSSR count). The molecule has 0 saturated heterocycles. The molecule has 0 bridgehead atoms. The number of rotatable bonds is 5. The summed E-state index contributed by atoms with van der Waals surface area (Å²) in [6.45, 7) is 2.28. The van der Waals surface area contributed by atoms with Crippen LogP contribution in [0.25, 0.3) is 10.2 Å². The van der Waals surface area contributed by atoms with Crippen molar-refractivity contribution in [3.8, 4) is 0 Å². The molecule has 26 heavy (non-hydrogen) atoms. The Kier molecular flexibility index (Phi) is 5.36. The maximum absolute atomic E-state index is 12.4. The van der Waals surface area contributed by atoms with Crippen molar-refractivity contribution < 1.29 is 4.79 Å². The Hall–Kier alpha value is -1.34. The van der Waals surface area contributed by atoms with Gasteiger partial charge in [0.1, 0.15) is 10.7 Å². The second kappa shape index (κ2) is 7.72. The van der Waals surface area contributed by atoms with E-state index >= 15 is 0 Å². The predicted octanol–water partition coefficient (Wildman–Crippen LogP) is 3.40. The van der Waals surface area contributed by atoms with Gasteiger partial charge in [-0.1, -0.05) is 6.92 Å². The topological polar surface area (TPSA) is 74.8 Å². The van der Waals surface area contributed by atoms with E-state index in [1.807, 2.05) is 0 Å². The summed E-state index contributed by atoms with van der Waals surface area (Å²) in [6, 6.07) is 0.335. The fourth-order valence-electron chi connectivity index (χ4n) is 4.03. The molecule has 2 N–H and O–H groups in total. The van der Waals surface area contributed by atoms with Gasteiger partial charge in [0.05, 0.1) is 16.9 Å². The number of H-pyrrole nitrogens is 1. The highest BCUT2D eigenvalue weighted by Gasteiger charge is 2.22. The summed E-state index contributed by atoms with van der Waals surface area (Å²) >= 11 is 3.17. The Bertz CT molecular complexity index is 866. The van der Waals surface area contributed by atoms with Crippen LogP contribution < -0.4 is 10.9 Å². The quantitative estimate of drug-likeness (QED) is 0.819. The number of aryl methyl sites for hydroxylation is 2. The summed E-state index contributed by atoms with van der Waals surface area (Å²) in [5.74, 6) is 2.52. The fourth-order valence-corrected chi connectivity index (χ4v) is 6.01. The first kappa shape index (κ1) is 18.0. The smallest absolute Gasteiger partial charge is 0.259 e. The van der Waals surface area contributed by atoms with Crippen LogP contribution in [0.2, 0.25) is 0 Å². The molecule has 2 aromatic heterocycles. The lowest BCUT2D eigenvalue weighted by atomic mass is 9.87. The number of carbonyl (C=O) groups is 1. The lowest BCUT2D eigenvalue weighted by molar-refractivity contribution is -0.119. The van der Waals surface area contributed by atoms with Crippen LogP contribution in [0.1, 0.15) is 55.3 Å². The van der Waals surface area contributed by atoms with E-state index in [2.05, 4.69) is 22.2 Å². The van der Waals surface area contributed by atoms with Gasteiger partial charge in [-0.25, -0.2) is 4.98 Å². The first-order valence-electron chi connectivity index (χ1n) is 9.50. The Morgan fingerprint density at radius 1 is 1.31 bits per heavy atom. The van der Waals surface area contributed by atoms with E-state index in [1.165, 1.54) is 35.0 Å². The number of nitrogens with zero attached hydrogens (tertiary/aromatic N) is 1. The summed E-state index contributed by atoms with van der Waals surface area (Å²) in [6.07, 6.45) is 7.79. The van der Waals surface area contributed by atoms with E-state index in [-0.39, 0.29) is 11.5 Å². The molecule has 2 aliphatic carbocycles. The van der Waals surface area contributed by atoms with Crippen LogP contribution >= 0.6 is 23.1 Å². The average Bonchev–Trinajstić information content (AvgIpc) is 3.17. The van der Waals surface area contributed by atoms with Crippen LogP contribution in [0, 0.1) is 5.92 Å². The standard InChI is InChI=1S/C19H25N3O2S2/c1-11-5-7-12(8-6-11)20-16(23)10-25-9-15-21-18(24)17-13-3-2-4-14(13)26-19(17)22-15/h11-12H,2-10H2,1H3,(H,20,23)(H,21,22,24). The van der Waals surface area contributed by atoms with E-state index in [9.17, 15) is 9.59 Å².